The van der Waals surface area contributed by atoms with E-state index in [4.69, 9.17) is 10.2 Å². The summed E-state index contributed by atoms with van der Waals surface area (Å²) in [6.45, 7) is 0.197. The van der Waals surface area contributed by atoms with E-state index in [-0.39, 0.29) is 17.3 Å². The number of aliphatic imine (C=N–C) groups is 1. The Balaban J connectivity index is 1.70. The molecule has 0 radical (unpaired) electrons. The van der Waals surface area contributed by atoms with Crippen molar-refractivity contribution in [2.75, 3.05) is 0 Å². The van der Waals surface area contributed by atoms with Crippen LogP contribution in [-0.2, 0) is 21.4 Å². The summed E-state index contributed by atoms with van der Waals surface area (Å²) in [6, 6.07) is 18.4. The Morgan fingerprint density at radius 2 is 1.72 bits per heavy atom. The number of aromatic amines is 1. The molecule has 36 heavy (non-hydrogen) atoms. The summed E-state index contributed by atoms with van der Waals surface area (Å²) in [7, 11) is -3.79. The van der Waals surface area contributed by atoms with Gasteiger partial charge in [-0.1, -0.05) is 36.4 Å². The highest BCUT2D eigenvalue weighted by Gasteiger charge is 2.11. The summed E-state index contributed by atoms with van der Waals surface area (Å²) >= 11 is 0. The molecule has 4 aromatic rings. The van der Waals surface area contributed by atoms with E-state index >= 15 is 0 Å². The van der Waals surface area contributed by atoms with Gasteiger partial charge in [0.25, 0.3) is 5.56 Å². The van der Waals surface area contributed by atoms with Crippen LogP contribution < -0.4 is 10.7 Å². The Labute approximate surface area is 205 Å². The topological polar surface area (TPSA) is 163 Å². The molecule has 10 heteroatoms. The number of sulfonamides is 1. The molecule has 3 aromatic carbocycles. The van der Waals surface area contributed by atoms with Crippen LogP contribution in [0.15, 0.2) is 87.5 Å². The fraction of sp³-hybridized carbons (Fsp3) is 0.0385. The standard InChI is InChI=1S/C26H21N3O6S/c27-36(34,35)20-8-4-17(5-9-20)14-28-15-23-22-13-19(7-10-21(22)25(32)29-26(23)33)18-3-1-2-16(12-18)6-11-24(30)31/h1-13,15H,14H2,(H,30,31)(H2,27,34,35)(H2,29,32,33). The van der Waals surface area contributed by atoms with Gasteiger partial charge in [-0.25, -0.2) is 18.4 Å². The van der Waals surface area contributed by atoms with Crippen LogP contribution in [0.2, 0.25) is 0 Å². The molecular weight excluding hydrogens is 482 g/mol. The van der Waals surface area contributed by atoms with Gasteiger partial charge in [0.15, 0.2) is 0 Å². The molecule has 4 rings (SSSR count). The zero-order valence-electron chi connectivity index (χ0n) is 18.8. The van der Waals surface area contributed by atoms with Crippen molar-refractivity contribution in [3.63, 3.8) is 0 Å². The van der Waals surface area contributed by atoms with Crippen molar-refractivity contribution in [1.82, 2.24) is 4.98 Å². The molecular formula is C26H21N3O6S. The second-order valence-electron chi connectivity index (χ2n) is 7.93. The molecule has 0 saturated carbocycles. The number of hydrogen-bond donors (Lipinski definition) is 4. The van der Waals surface area contributed by atoms with Crippen LogP contribution >= 0.6 is 0 Å². The average Bonchev–Trinajstić information content (AvgIpc) is 2.84. The van der Waals surface area contributed by atoms with Gasteiger partial charge >= 0.3 is 5.97 Å². The van der Waals surface area contributed by atoms with Crippen LogP contribution in [0.4, 0.5) is 0 Å². The maximum atomic E-state index is 12.4. The molecule has 0 fully saturated rings. The summed E-state index contributed by atoms with van der Waals surface area (Å²) < 4.78 is 22.8. The van der Waals surface area contributed by atoms with Gasteiger partial charge in [0, 0.05) is 23.1 Å². The fourth-order valence-corrected chi connectivity index (χ4v) is 4.18. The highest BCUT2D eigenvalue weighted by Crippen LogP contribution is 2.28. The Morgan fingerprint density at radius 1 is 1.00 bits per heavy atom. The zero-order valence-corrected chi connectivity index (χ0v) is 19.6. The van der Waals surface area contributed by atoms with E-state index < -0.39 is 21.6 Å². The first-order valence-corrected chi connectivity index (χ1v) is 12.2. The molecule has 0 amide bonds. The lowest BCUT2D eigenvalue weighted by Crippen LogP contribution is -2.11. The summed E-state index contributed by atoms with van der Waals surface area (Å²) in [5.41, 5.74) is 2.82. The molecule has 9 nitrogen and oxygen atoms in total. The molecule has 0 aliphatic carbocycles. The molecule has 1 aromatic heterocycles. The smallest absolute Gasteiger partial charge is 0.328 e. The summed E-state index contributed by atoms with van der Waals surface area (Å²) in [6.07, 6.45) is 3.97. The minimum absolute atomic E-state index is 0.00504. The molecule has 0 bridgehead atoms. The summed E-state index contributed by atoms with van der Waals surface area (Å²) in [5.74, 6) is -1.39. The van der Waals surface area contributed by atoms with Crippen molar-refractivity contribution in [1.29, 1.82) is 0 Å². The number of carboxylic acid groups (broad SMARTS) is 1. The second-order valence-corrected chi connectivity index (χ2v) is 9.49. The third kappa shape index (κ3) is 5.57. The van der Waals surface area contributed by atoms with Crippen LogP contribution in [0.5, 0.6) is 5.88 Å². The van der Waals surface area contributed by atoms with Crippen LogP contribution in [0, 0.1) is 0 Å². The van der Waals surface area contributed by atoms with Crippen LogP contribution in [0.25, 0.3) is 28.0 Å². The number of rotatable bonds is 7. The van der Waals surface area contributed by atoms with Gasteiger partial charge in [0.05, 0.1) is 17.0 Å². The van der Waals surface area contributed by atoms with Crippen molar-refractivity contribution >= 4 is 39.1 Å². The second kappa shape index (κ2) is 9.98. The highest BCUT2D eigenvalue weighted by atomic mass is 32.2. The van der Waals surface area contributed by atoms with E-state index in [1.807, 2.05) is 12.1 Å². The minimum Gasteiger partial charge on any atom is -0.494 e. The van der Waals surface area contributed by atoms with Gasteiger partial charge in [0.1, 0.15) is 0 Å². The Morgan fingerprint density at radius 3 is 2.42 bits per heavy atom. The lowest BCUT2D eigenvalue weighted by molar-refractivity contribution is -0.131. The maximum Gasteiger partial charge on any atom is 0.328 e. The van der Waals surface area contributed by atoms with E-state index in [1.165, 1.54) is 24.4 Å². The molecule has 0 spiro atoms. The number of nitrogens with one attached hydrogen (secondary N) is 1. The SMILES string of the molecule is NS(=O)(=O)c1ccc(CN=Cc2c(O)[nH]c(=O)c3ccc(-c4cccc(C=CC(=O)O)c4)cc23)cc1. The lowest BCUT2D eigenvalue weighted by atomic mass is 9.98. The number of benzene rings is 3. The number of pyridine rings is 1. The first-order valence-electron chi connectivity index (χ1n) is 10.6. The third-order valence-electron chi connectivity index (χ3n) is 5.43. The van der Waals surface area contributed by atoms with E-state index in [0.29, 0.717) is 21.9 Å². The van der Waals surface area contributed by atoms with Gasteiger partial charge in [-0.05, 0) is 58.7 Å². The number of primary sulfonamides is 1. The maximum absolute atomic E-state index is 12.4. The molecule has 1 heterocycles. The number of carboxylic acids is 1. The predicted octanol–water partition coefficient (Wildman–Crippen LogP) is 3.27. The highest BCUT2D eigenvalue weighted by molar-refractivity contribution is 7.89. The fourth-order valence-electron chi connectivity index (χ4n) is 3.66. The lowest BCUT2D eigenvalue weighted by Gasteiger charge is -2.09. The van der Waals surface area contributed by atoms with E-state index in [9.17, 15) is 23.1 Å². The number of fused-ring (bicyclic) bond motifs is 1. The molecule has 0 unspecified atom stereocenters. The number of carbonyl (C=O) groups is 1. The largest absolute Gasteiger partial charge is 0.494 e. The van der Waals surface area contributed by atoms with E-state index in [1.54, 1.807) is 42.5 Å². The normalized spacial score (nSPS) is 12.0. The number of aliphatic carboxylic acids is 1. The molecule has 0 aliphatic heterocycles. The number of nitrogens with two attached hydrogens (primary N) is 1. The van der Waals surface area contributed by atoms with Gasteiger partial charge in [-0.15, -0.1) is 0 Å². The Kier molecular flexibility index (Phi) is 6.82. The van der Waals surface area contributed by atoms with Gasteiger partial charge in [-0.2, -0.15) is 0 Å². The number of nitrogens with zero attached hydrogens (tertiary/aromatic N) is 1. The van der Waals surface area contributed by atoms with Crippen LogP contribution in [0.3, 0.4) is 0 Å². The van der Waals surface area contributed by atoms with Crippen molar-refractivity contribution in [2.24, 2.45) is 10.1 Å². The number of H-pyrrole nitrogens is 1. The number of aromatic hydroxyl groups is 1. The predicted molar refractivity (Wildman–Crippen MR) is 137 cm³/mol. The van der Waals surface area contributed by atoms with Crippen LogP contribution in [0.1, 0.15) is 16.7 Å². The van der Waals surface area contributed by atoms with Crippen molar-refractivity contribution < 1.29 is 23.4 Å². The first kappa shape index (κ1) is 24.6. The van der Waals surface area contributed by atoms with Crippen molar-refractivity contribution in [3.05, 3.63) is 99.9 Å². The molecule has 0 saturated heterocycles. The quantitative estimate of drug-likeness (QED) is 0.223. The molecule has 5 N–H and O–H groups in total. The summed E-state index contributed by atoms with van der Waals surface area (Å²) in [5, 5.41) is 25.3. The van der Waals surface area contributed by atoms with Gasteiger partial charge < -0.3 is 10.2 Å². The van der Waals surface area contributed by atoms with Gasteiger partial charge in [0.2, 0.25) is 15.9 Å². The zero-order chi connectivity index (χ0) is 25.9. The van der Waals surface area contributed by atoms with Crippen molar-refractivity contribution in [3.8, 4) is 17.0 Å². The first-order chi connectivity index (χ1) is 17.1. The summed E-state index contributed by atoms with van der Waals surface area (Å²) in [4.78, 5) is 30.0. The average molecular weight is 504 g/mol. The van der Waals surface area contributed by atoms with E-state index in [2.05, 4.69) is 9.98 Å². The Hall–Kier alpha value is -4.54. The molecule has 182 valence electrons. The van der Waals surface area contributed by atoms with E-state index in [0.717, 1.165) is 22.8 Å². The van der Waals surface area contributed by atoms with Crippen LogP contribution in [-0.4, -0.2) is 35.8 Å². The van der Waals surface area contributed by atoms with Crippen molar-refractivity contribution in [2.45, 2.75) is 11.4 Å². The Bertz CT molecular complexity index is 1690. The molecule has 0 atom stereocenters. The number of hydrogen-bond acceptors (Lipinski definition) is 6. The minimum atomic E-state index is -3.79. The third-order valence-corrected chi connectivity index (χ3v) is 6.36. The van der Waals surface area contributed by atoms with Gasteiger partial charge in [-0.3, -0.25) is 14.8 Å². The number of aromatic nitrogens is 1. The molecule has 0 aliphatic rings. The monoisotopic (exact) mass is 503 g/mol.